The van der Waals surface area contributed by atoms with Gasteiger partial charge in [-0.2, -0.15) is 0 Å². The van der Waals surface area contributed by atoms with Gasteiger partial charge in [0.05, 0.1) is 6.54 Å². The van der Waals surface area contributed by atoms with Crippen molar-refractivity contribution in [3.8, 4) is 5.75 Å². The van der Waals surface area contributed by atoms with Gasteiger partial charge in [0.25, 0.3) is 0 Å². The molecule has 1 aromatic heterocycles. The van der Waals surface area contributed by atoms with Crippen LogP contribution in [0.5, 0.6) is 5.75 Å². The van der Waals surface area contributed by atoms with Crippen LogP contribution >= 0.6 is 0 Å². The van der Waals surface area contributed by atoms with Crippen LogP contribution in [0.4, 0.5) is 14.6 Å². The van der Waals surface area contributed by atoms with Crippen molar-refractivity contribution in [2.24, 2.45) is 4.99 Å². The maximum Gasteiger partial charge on any atom is 0.191 e. The third-order valence-corrected chi connectivity index (χ3v) is 4.50. The summed E-state index contributed by atoms with van der Waals surface area (Å²) in [7, 11) is 1.70. The molecule has 2 heterocycles. The largest absolute Gasteiger partial charge is 0.489 e. The van der Waals surface area contributed by atoms with Gasteiger partial charge < -0.3 is 20.3 Å². The Bertz CT molecular complexity index is 799. The maximum atomic E-state index is 13.9. The Hall–Kier alpha value is -2.90. The quantitative estimate of drug-likeness (QED) is 0.587. The molecule has 3 rings (SSSR count). The smallest absolute Gasteiger partial charge is 0.191 e. The molecule has 0 spiro atoms. The van der Waals surface area contributed by atoms with Gasteiger partial charge in [-0.15, -0.1) is 0 Å². The Morgan fingerprint density at radius 2 is 2.11 bits per heavy atom. The zero-order valence-electron chi connectivity index (χ0n) is 16.0. The van der Waals surface area contributed by atoms with Crippen LogP contribution in [0.15, 0.2) is 47.6 Å². The third kappa shape index (κ3) is 5.31. The number of hydrogen-bond donors (Lipinski definition) is 2. The summed E-state index contributed by atoms with van der Waals surface area (Å²) in [5, 5.41) is 6.58. The van der Waals surface area contributed by atoms with E-state index >= 15 is 0 Å². The van der Waals surface area contributed by atoms with Crippen molar-refractivity contribution in [3.63, 3.8) is 0 Å². The second kappa shape index (κ2) is 9.34. The first-order valence-corrected chi connectivity index (χ1v) is 9.30. The van der Waals surface area contributed by atoms with Crippen molar-refractivity contribution >= 4 is 11.8 Å². The van der Waals surface area contributed by atoms with Gasteiger partial charge in [-0.1, -0.05) is 0 Å². The Labute approximate surface area is 163 Å². The fourth-order valence-corrected chi connectivity index (χ4v) is 3.10. The Kier molecular flexibility index (Phi) is 6.62. The highest BCUT2D eigenvalue weighted by Gasteiger charge is 2.26. The lowest BCUT2D eigenvalue weighted by molar-refractivity contribution is 0.223. The van der Waals surface area contributed by atoms with Crippen LogP contribution in [0.3, 0.4) is 0 Å². The molecule has 2 unspecified atom stereocenters. The number of hydrogen-bond acceptors (Lipinski definition) is 4. The molecule has 0 bridgehead atoms. The highest BCUT2D eigenvalue weighted by molar-refractivity contribution is 5.80. The number of rotatable bonds is 6. The number of ether oxygens (including phenoxy) is 1. The summed E-state index contributed by atoms with van der Waals surface area (Å²) in [5.41, 5.74) is 0. The standard InChI is InChI=1S/C20H25F2N5O/c1-14(28-17-7-5-15(21)6-8-17)12-25-20(23-2)26-16-9-11-27(13-16)19-18(22)4-3-10-24-19/h3-8,10,14,16H,9,11-13H2,1-2H3,(H2,23,25,26). The minimum absolute atomic E-state index is 0.133. The predicted octanol–water partition coefficient (Wildman–Crippen LogP) is 2.57. The summed E-state index contributed by atoms with van der Waals surface area (Å²) in [6, 6.07) is 9.09. The number of halogens is 2. The minimum Gasteiger partial charge on any atom is -0.489 e. The van der Waals surface area contributed by atoms with E-state index < -0.39 is 0 Å². The number of pyridine rings is 1. The SMILES string of the molecule is CN=C(NCC(C)Oc1ccc(F)cc1)NC1CCN(c2ncccc2F)C1. The molecule has 6 nitrogen and oxygen atoms in total. The molecule has 1 fully saturated rings. The molecule has 28 heavy (non-hydrogen) atoms. The Morgan fingerprint density at radius 1 is 1.32 bits per heavy atom. The zero-order chi connectivity index (χ0) is 19.9. The van der Waals surface area contributed by atoms with Crippen LogP contribution in [0.25, 0.3) is 0 Å². The van der Waals surface area contributed by atoms with Crippen molar-refractivity contribution < 1.29 is 13.5 Å². The molecule has 0 saturated carbocycles. The second-order valence-electron chi connectivity index (χ2n) is 6.72. The van der Waals surface area contributed by atoms with Crippen molar-refractivity contribution in [2.45, 2.75) is 25.5 Å². The van der Waals surface area contributed by atoms with Crippen molar-refractivity contribution in [2.75, 3.05) is 31.6 Å². The fourth-order valence-electron chi connectivity index (χ4n) is 3.10. The first-order chi connectivity index (χ1) is 13.5. The van der Waals surface area contributed by atoms with E-state index in [-0.39, 0.29) is 23.8 Å². The minimum atomic E-state index is -0.308. The van der Waals surface area contributed by atoms with E-state index in [2.05, 4.69) is 20.6 Å². The number of nitrogens with one attached hydrogen (secondary N) is 2. The number of aliphatic imine (C=N–C) groups is 1. The number of guanidine groups is 1. The van der Waals surface area contributed by atoms with Gasteiger partial charge in [0.15, 0.2) is 17.6 Å². The number of benzene rings is 1. The molecular weight excluding hydrogens is 364 g/mol. The highest BCUT2D eigenvalue weighted by atomic mass is 19.1. The molecule has 2 aromatic rings. The van der Waals surface area contributed by atoms with Crippen molar-refractivity contribution in [3.05, 3.63) is 54.2 Å². The van der Waals surface area contributed by atoms with E-state index in [0.29, 0.717) is 30.6 Å². The van der Waals surface area contributed by atoms with Crippen LogP contribution < -0.4 is 20.3 Å². The number of nitrogens with zero attached hydrogens (tertiary/aromatic N) is 3. The Balaban J connectivity index is 1.46. The summed E-state index contributed by atoms with van der Waals surface area (Å²) in [5.74, 6) is 1.05. The molecule has 0 amide bonds. The molecule has 1 aromatic carbocycles. The van der Waals surface area contributed by atoms with E-state index in [1.807, 2.05) is 11.8 Å². The monoisotopic (exact) mass is 389 g/mol. The first kappa shape index (κ1) is 19.9. The van der Waals surface area contributed by atoms with E-state index in [4.69, 9.17) is 4.74 Å². The molecule has 150 valence electrons. The highest BCUT2D eigenvalue weighted by Crippen LogP contribution is 2.20. The van der Waals surface area contributed by atoms with Crippen LogP contribution in [-0.2, 0) is 0 Å². The van der Waals surface area contributed by atoms with Crippen molar-refractivity contribution in [1.29, 1.82) is 0 Å². The zero-order valence-corrected chi connectivity index (χ0v) is 16.0. The lowest BCUT2D eigenvalue weighted by Gasteiger charge is -2.21. The average Bonchev–Trinajstić information content (AvgIpc) is 3.15. The van der Waals surface area contributed by atoms with Crippen LogP contribution in [0.2, 0.25) is 0 Å². The van der Waals surface area contributed by atoms with Gasteiger partial charge in [0.1, 0.15) is 17.7 Å². The van der Waals surface area contributed by atoms with Gasteiger partial charge >= 0.3 is 0 Å². The molecule has 2 atom stereocenters. The summed E-state index contributed by atoms with van der Waals surface area (Å²) in [6.45, 7) is 3.83. The van der Waals surface area contributed by atoms with Crippen LogP contribution in [-0.4, -0.2) is 49.8 Å². The van der Waals surface area contributed by atoms with Crippen molar-refractivity contribution in [1.82, 2.24) is 15.6 Å². The molecule has 2 N–H and O–H groups in total. The average molecular weight is 389 g/mol. The number of anilines is 1. The van der Waals surface area contributed by atoms with Gasteiger partial charge in [-0.05, 0) is 49.7 Å². The van der Waals surface area contributed by atoms with E-state index in [9.17, 15) is 8.78 Å². The third-order valence-electron chi connectivity index (χ3n) is 4.50. The van der Waals surface area contributed by atoms with Gasteiger partial charge in [0, 0.05) is 32.4 Å². The lowest BCUT2D eigenvalue weighted by atomic mass is 10.3. The lowest BCUT2D eigenvalue weighted by Crippen LogP contribution is -2.47. The van der Waals surface area contributed by atoms with E-state index in [1.54, 1.807) is 31.4 Å². The first-order valence-electron chi connectivity index (χ1n) is 9.30. The topological polar surface area (TPSA) is 61.8 Å². The molecule has 1 aliphatic heterocycles. The summed E-state index contributed by atoms with van der Waals surface area (Å²) in [6.07, 6.45) is 2.33. The second-order valence-corrected chi connectivity index (χ2v) is 6.72. The van der Waals surface area contributed by atoms with Crippen LogP contribution in [0.1, 0.15) is 13.3 Å². The molecule has 1 saturated heterocycles. The van der Waals surface area contributed by atoms with Gasteiger partial charge in [-0.25, -0.2) is 13.8 Å². The molecular formula is C20H25F2N5O. The summed E-state index contributed by atoms with van der Waals surface area (Å²) in [4.78, 5) is 10.3. The fraction of sp³-hybridized carbons (Fsp3) is 0.400. The van der Waals surface area contributed by atoms with E-state index in [0.717, 1.165) is 13.0 Å². The molecule has 0 radical (unpaired) electrons. The summed E-state index contributed by atoms with van der Waals surface area (Å²) >= 11 is 0. The summed E-state index contributed by atoms with van der Waals surface area (Å²) < 4.78 is 32.6. The normalized spacial score (nSPS) is 18.1. The molecule has 8 heteroatoms. The predicted molar refractivity (Wildman–Crippen MR) is 106 cm³/mol. The molecule has 1 aliphatic rings. The van der Waals surface area contributed by atoms with Crippen LogP contribution in [0, 0.1) is 11.6 Å². The Morgan fingerprint density at radius 3 is 2.82 bits per heavy atom. The van der Waals surface area contributed by atoms with E-state index in [1.165, 1.54) is 18.2 Å². The van der Waals surface area contributed by atoms with Gasteiger partial charge in [0.2, 0.25) is 0 Å². The van der Waals surface area contributed by atoms with Gasteiger partial charge in [-0.3, -0.25) is 4.99 Å². The molecule has 0 aliphatic carbocycles. The number of aromatic nitrogens is 1. The maximum absolute atomic E-state index is 13.9.